The van der Waals surface area contributed by atoms with Gasteiger partial charge in [0.25, 0.3) is 5.91 Å². The highest BCUT2D eigenvalue weighted by Crippen LogP contribution is 2.41. The summed E-state index contributed by atoms with van der Waals surface area (Å²) in [6.45, 7) is 5.71. The number of morpholine rings is 1. The van der Waals surface area contributed by atoms with Gasteiger partial charge in [-0.15, -0.1) is 0 Å². The summed E-state index contributed by atoms with van der Waals surface area (Å²) >= 11 is 0. The average Bonchev–Trinajstić information content (AvgIpc) is 3.16. The highest BCUT2D eigenvalue weighted by Gasteiger charge is 2.26. The van der Waals surface area contributed by atoms with Crippen LogP contribution in [0.2, 0.25) is 0 Å². The van der Waals surface area contributed by atoms with Crippen LogP contribution < -0.4 is 10.2 Å². The summed E-state index contributed by atoms with van der Waals surface area (Å²) in [5.74, 6) is -0.147. The van der Waals surface area contributed by atoms with Crippen LogP contribution in [0.3, 0.4) is 0 Å². The minimum Gasteiger partial charge on any atom is -0.379 e. The number of ether oxygens (including phenoxy) is 1. The fourth-order valence-electron chi connectivity index (χ4n) is 6.21. The van der Waals surface area contributed by atoms with E-state index >= 15 is 0 Å². The molecule has 1 aliphatic carbocycles. The second-order valence-corrected chi connectivity index (χ2v) is 11.5. The Morgan fingerprint density at radius 3 is 2.48 bits per heavy atom. The molecule has 1 saturated heterocycles. The second-order valence-electron chi connectivity index (χ2n) is 11.5. The van der Waals surface area contributed by atoms with Crippen LogP contribution in [0.5, 0.6) is 0 Å². The molecular formula is C34H38F2N4O2. The first-order chi connectivity index (χ1) is 20.5. The van der Waals surface area contributed by atoms with Crippen molar-refractivity contribution in [3.05, 3.63) is 89.2 Å². The first kappa shape index (κ1) is 28.5. The number of rotatable bonds is 8. The van der Waals surface area contributed by atoms with E-state index in [-0.39, 0.29) is 11.7 Å². The molecule has 3 aromatic rings. The Hall–Kier alpha value is -3.62. The number of alkyl halides is 1. The fourth-order valence-corrected chi connectivity index (χ4v) is 6.21. The molecule has 6 rings (SSSR count). The molecule has 6 nitrogen and oxygen atoms in total. The van der Waals surface area contributed by atoms with Gasteiger partial charge in [0.05, 0.1) is 36.0 Å². The van der Waals surface area contributed by atoms with Crippen molar-refractivity contribution < 1.29 is 18.3 Å². The normalized spacial score (nSPS) is 20.7. The van der Waals surface area contributed by atoms with Crippen molar-refractivity contribution in [2.45, 2.75) is 38.3 Å². The summed E-state index contributed by atoms with van der Waals surface area (Å²) in [7, 11) is 0. The van der Waals surface area contributed by atoms with E-state index in [9.17, 15) is 13.6 Å². The quantitative estimate of drug-likeness (QED) is 0.338. The Kier molecular flexibility index (Phi) is 8.91. The van der Waals surface area contributed by atoms with Crippen LogP contribution in [0.4, 0.5) is 25.8 Å². The maximum absolute atomic E-state index is 13.9. The number of hydrogen-bond donors (Lipinski definition) is 1. The monoisotopic (exact) mass is 572 g/mol. The number of amides is 1. The van der Waals surface area contributed by atoms with Gasteiger partial charge in [0.2, 0.25) is 0 Å². The van der Waals surface area contributed by atoms with Crippen molar-refractivity contribution in [3.63, 3.8) is 0 Å². The predicted molar refractivity (Wildman–Crippen MR) is 163 cm³/mol. The average molecular weight is 573 g/mol. The molecule has 0 aromatic heterocycles. The number of nitrogens with zero attached hydrogens (tertiary/aromatic N) is 3. The Morgan fingerprint density at radius 1 is 0.929 bits per heavy atom. The van der Waals surface area contributed by atoms with Gasteiger partial charge in [-0.2, -0.15) is 0 Å². The standard InChI is InChI=1S/C34H38F2N4O2/c35-27-11-6-24(7-12-27)23-37-34(41)26-10-15-32-30(22-26)38-33(25-8-13-28(36)14-9-25)29-4-1-2-5-31(29)40(32)17-3-16-39-18-20-42-21-19-39/h1-2,4-5,8-10,13-15,22,24,27H,3,6-7,11-12,16-21,23H2,(H,37,41). The number of benzene rings is 3. The molecule has 1 amide bonds. The van der Waals surface area contributed by atoms with Crippen molar-refractivity contribution >= 4 is 28.7 Å². The Bertz CT molecular complexity index is 1410. The number of para-hydroxylation sites is 1. The van der Waals surface area contributed by atoms with Crippen molar-refractivity contribution in [2.24, 2.45) is 10.9 Å². The Balaban J connectivity index is 1.31. The third kappa shape index (κ3) is 6.55. The van der Waals surface area contributed by atoms with Crippen molar-refractivity contribution in [1.82, 2.24) is 10.2 Å². The largest absolute Gasteiger partial charge is 0.379 e. The van der Waals surface area contributed by atoms with Crippen LogP contribution in [-0.2, 0) is 4.74 Å². The van der Waals surface area contributed by atoms with E-state index < -0.39 is 6.17 Å². The summed E-state index contributed by atoms with van der Waals surface area (Å²) in [5, 5.41) is 3.07. The van der Waals surface area contributed by atoms with Crippen molar-refractivity contribution in [3.8, 4) is 0 Å². The van der Waals surface area contributed by atoms with Crippen LogP contribution >= 0.6 is 0 Å². The van der Waals surface area contributed by atoms with E-state index in [1.807, 2.05) is 30.3 Å². The number of nitrogens with one attached hydrogen (secondary N) is 1. The molecule has 220 valence electrons. The first-order valence-electron chi connectivity index (χ1n) is 15.1. The minimum absolute atomic E-state index is 0.153. The lowest BCUT2D eigenvalue weighted by molar-refractivity contribution is 0.0377. The van der Waals surface area contributed by atoms with Gasteiger partial charge in [0, 0.05) is 49.4 Å². The van der Waals surface area contributed by atoms with Crippen LogP contribution in [0.15, 0.2) is 71.7 Å². The van der Waals surface area contributed by atoms with E-state index in [2.05, 4.69) is 27.2 Å². The summed E-state index contributed by atoms with van der Waals surface area (Å²) in [5.41, 5.74) is 5.70. The zero-order chi connectivity index (χ0) is 28.9. The molecule has 0 bridgehead atoms. The van der Waals surface area contributed by atoms with Gasteiger partial charge in [0.1, 0.15) is 12.0 Å². The molecule has 1 saturated carbocycles. The van der Waals surface area contributed by atoms with Gasteiger partial charge >= 0.3 is 0 Å². The molecule has 2 fully saturated rings. The summed E-state index contributed by atoms with van der Waals surface area (Å²) < 4.78 is 32.9. The lowest BCUT2D eigenvalue weighted by Gasteiger charge is -2.30. The maximum Gasteiger partial charge on any atom is 0.251 e. The number of halogens is 2. The molecule has 0 radical (unpaired) electrons. The second kappa shape index (κ2) is 13.1. The summed E-state index contributed by atoms with van der Waals surface area (Å²) in [6, 6.07) is 20.3. The number of aliphatic imine (C=N–C) groups is 1. The lowest BCUT2D eigenvalue weighted by Crippen LogP contribution is -2.37. The molecule has 2 heterocycles. The SMILES string of the molecule is O=C(NCC1CCC(F)CC1)c1ccc2c(c1)N=C(c1ccc(F)cc1)c1ccccc1N2CCCN1CCOCC1. The lowest BCUT2D eigenvalue weighted by atomic mass is 9.88. The van der Waals surface area contributed by atoms with Crippen LogP contribution in [-0.4, -0.2) is 68.6 Å². The van der Waals surface area contributed by atoms with E-state index in [0.717, 1.165) is 86.9 Å². The van der Waals surface area contributed by atoms with Crippen molar-refractivity contribution in [1.29, 1.82) is 0 Å². The molecule has 0 atom stereocenters. The Labute approximate surface area is 246 Å². The zero-order valence-corrected chi connectivity index (χ0v) is 23.9. The van der Waals surface area contributed by atoms with Gasteiger partial charge in [-0.3, -0.25) is 9.69 Å². The molecule has 8 heteroatoms. The highest BCUT2D eigenvalue weighted by atomic mass is 19.1. The zero-order valence-electron chi connectivity index (χ0n) is 23.9. The van der Waals surface area contributed by atoms with E-state index in [4.69, 9.17) is 9.73 Å². The molecule has 1 N–H and O–H groups in total. The van der Waals surface area contributed by atoms with E-state index in [1.54, 1.807) is 12.1 Å². The molecule has 0 unspecified atom stereocenters. The van der Waals surface area contributed by atoms with E-state index in [0.29, 0.717) is 36.6 Å². The first-order valence-corrected chi connectivity index (χ1v) is 15.1. The third-order valence-electron chi connectivity index (χ3n) is 8.62. The maximum atomic E-state index is 13.9. The van der Waals surface area contributed by atoms with Crippen LogP contribution in [0.1, 0.15) is 53.6 Å². The highest BCUT2D eigenvalue weighted by molar-refractivity contribution is 6.19. The topological polar surface area (TPSA) is 57.2 Å². The Morgan fingerprint density at radius 2 is 1.69 bits per heavy atom. The van der Waals surface area contributed by atoms with Crippen LogP contribution in [0, 0.1) is 11.7 Å². The molecule has 0 spiro atoms. The van der Waals surface area contributed by atoms with Gasteiger partial charge in [0.15, 0.2) is 0 Å². The summed E-state index contributed by atoms with van der Waals surface area (Å²) in [4.78, 5) is 23.1. The number of carbonyl (C=O) groups is 1. The van der Waals surface area contributed by atoms with Crippen molar-refractivity contribution in [2.75, 3.05) is 50.8 Å². The smallest absolute Gasteiger partial charge is 0.251 e. The van der Waals surface area contributed by atoms with Gasteiger partial charge < -0.3 is 15.0 Å². The number of hydrogen-bond acceptors (Lipinski definition) is 5. The molecule has 2 aliphatic heterocycles. The number of anilines is 2. The third-order valence-corrected chi connectivity index (χ3v) is 8.62. The van der Waals surface area contributed by atoms with E-state index in [1.165, 1.54) is 12.1 Å². The van der Waals surface area contributed by atoms with Gasteiger partial charge in [-0.1, -0.05) is 18.2 Å². The van der Waals surface area contributed by atoms with Crippen LogP contribution in [0.25, 0.3) is 0 Å². The number of fused-ring (bicyclic) bond motifs is 2. The van der Waals surface area contributed by atoms with Gasteiger partial charge in [-0.25, -0.2) is 13.8 Å². The fraction of sp³-hybridized carbons (Fsp3) is 0.412. The molecule has 3 aliphatic rings. The van der Waals surface area contributed by atoms with Gasteiger partial charge in [-0.05, 0) is 86.6 Å². The molecule has 42 heavy (non-hydrogen) atoms. The predicted octanol–water partition coefficient (Wildman–Crippen LogP) is 6.43. The summed E-state index contributed by atoms with van der Waals surface area (Å²) in [6.07, 6.45) is 2.98. The number of carbonyl (C=O) groups excluding carboxylic acids is 1. The molecular weight excluding hydrogens is 534 g/mol. The molecule has 3 aromatic carbocycles. The minimum atomic E-state index is -0.712.